The summed E-state index contributed by atoms with van der Waals surface area (Å²) in [5.74, 6) is 1.29. The minimum absolute atomic E-state index is 0.476. The van der Waals surface area contributed by atoms with E-state index in [4.69, 9.17) is 14.8 Å². The van der Waals surface area contributed by atoms with E-state index in [1.807, 2.05) is 12.1 Å². The highest BCUT2D eigenvalue weighted by Crippen LogP contribution is 2.45. The number of ether oxygens (including phenoxy) is 1. The SMILES string of the molecule is COc1ncnc2c1N=IN2Cc1ccc(B(O)O)cc1. The lowest BCUT2D eigenvalue weighted by atomic mass is 9.80. The summed E-state index contributed by atoms with van der Waals surface area (Å²) in [7, 11) is 0.129. The van der Waals surface area contributed by atoms with Crippen LogP contribution in [0.5, 0.6) is 5.88 Å². The Labute approximate surface area is 132 Å². The summed E-state index contributed by atoms with van der Waals surface area (Å²) < 4.78 is 11.8. The van der Waals surface area contributed by atoms with Gasteiger partial charge in [0.2, 0.25) is 5.88 Å². The van der Waals surface area contributed by atoms with Crippen molar-refractivity contribution in [2.75, 3.05) is 10.2 Å². The third-order valence-electron chi connectivity index (χ3n) is 3.01. The standard InChI is InChI=1S/C12H12BIN4O3/c1-21-12-10-11(15-7-16-12)18(14-17-10)6-8-2-4-9(5-3-8)13(19)20/h2-5,7,19-20H,6H2,1H3. The van der Waals surface area contributed by atoms with E-state index in [2.05, 4.69) is 16.2 Å². The number of hydrogen-bond donors (Lipinski definition) is 2. The molecule has 1 aromatic heterocycles. The number of methoxy groups -OCH3 is 1. The van der Waals surface area contributed by atoms with E-state index in [9.17, 15) is 0 Å². The number of rotatable bonds is 4. The molecule has 1 aromatic carbocycles. The smallest absolute Gasteiger partial charge is 0.479 e. The van der Waals surface area contributed by atoms with Crippen molar-refractivity contribution in [3.8, 4) is 5.88 Å². The molecule has 0 saturated heterocycles. The van der Waals surface area contributed by atoms with Gasteiger partial charge >= 0.3 is 7.12 Å². The summed E-state index contributed by atoms with van der Waals surface area (Å²) in [6, 6.07) is 7.14. The minimum atomic E-state index is -1.44. The molecule has 1 aliphatic rings. The topological polar surface area (TPSA) is 91.1 Å². The van der Waals surface area contributed by atoms with Crippen molar-refractivity contribution < 1.29 is 14.8 Å². The third kappa shape index (κ3) is 2.89. The Hall–Kier alpha value is -1.59. The largest absolute Gasteiger partial charge is 0.488 e. The molecule has 0 bridgehead atoms. The lowest BCUT2D eigenvalue weighted by Gasteiger charge is -2.14. The molecule has 21 heavy (non-hydrogen) atoms. The van der Waals surface area contributed by atoms with Gasteiger partial charge in [-0.1, -0.05) is 24.3 Å². The first kappa shape index (κ1) is 14.4. The molecule has 0 spiro atoms. The highest BCUT2D eigenvalue weighted by atomic mass is 127. The molecule has 2 heterocycles. The third-order valence-corrected chi connectivity index (χ3v) is 5.02. The summed E-state index contributed by atoms with van der Waals surface area (Å²) in [4.78, 5) is 8.33. The van der Waals surface area contributed by atoms with Crippen LogP contribution in [0.25, 0.3) is 0 Å². The van der Waals surface area contributed by atoms with Crippen LogP contribution in [-0.2, 0) is 6.54 Å². The first-order chi connectivity index (χ1) is 10.2. The molecule has 108 valence electrons. The van der Waals surface area contributed by atoms with Gasteiger partial charge in [-0.15, -0.1) is 0 Å². The maximum Gasteiger partial charge on any atom is 0.488 e. The number of benzene rings is 1. The second-order valence-corrected chi connectivity index (χ2v) is 6.43. The Morgan fingerprint density at radius 2 is 2.00 bits per heavy atom. The van der Waals surface area contributed by atoms with Crippen LogP contribution in [0.2, 0.25) is 0 Å². The molecule has 1 aliphatic heterocycles. The molecule has 0 saturated carbocycles. The fraction of sp³-hybridized carbons (Fsp3) is 0.167. The van der Waals surface area contributed by atoms with Gasteiger partial charge in [-0.05, 0) is 11.0 Å². The molecule has 0 fully saturated rings. The van der Waals surface area contributed by atoms with E-state index in [-0.39, 0.29) is 0 Å². The Morgan fingerprint density at radius 1 is 1.24 bits per heavy atom. The maximum absolute atomic E-state index is 9.09. The minimum Gasteiger partial charge on any atom is -0.479 e. The number of halogens is 1. The van der Waals surface area contributed by atoms with Crippen LogP contribution in [0.3, 0.4) is 0 Å². The molecule has 0 unspecified atom stereocenters. The van der Waals surface area contributed by atoms with Gasteiger partial charge in [0.25, 0.3) is 0 Å². The van der Waals surface area contributed by atoms with Gasteiger partial charge in [0.05, 0.1) is 13.7 Å². The highest BCUT2D eigenvalue weighted by molar-refractivity contribution is 14.2. The van der Waals surface area contributed by atoms with E-state index in [0.29, 0.717) is 17.9 Å². The number of nitrogens with zero attached hydrogens (tertiary/aromatic N) is 4. The average Bonchev–Trinajstić information content (AvgIpc) is 2.91. The van der Waals surface area contributed by atoms with Gasteiger partial charge < -0.3 is 14.8 Å². The van der Waals surface area contributed by atoms with Gasteiger partial charge in [0.1, 0.15) is 27.6 Å². The van der Waals surface area contributed by atoms with Gasteiger partial charge in [-0.3, -0.25) is 3.11 Å². The first-order valence-corrected chi connectivity index (χ1v) is 8.09. The predicted molar refractivity (Wildman–Crippen MR) is 87.1 cm³/mol. The number of hydrogen-bond acceptors (Lipinski definition) is 7. The van der Waals surface area contributed by atoms with Crippen molar-refractivity contribution in [2.24, 2.45) is 3.15 Å². The number of aromatic nitrogens is 2. The Bertz CT molecular complexity index is 681. The lowest BCUT2D eigenvalue weighted by Crippen LogP contribution is -2.29. The van der Waals surface area contributed by atoms with Crippen molar-refractivity contribution in [3.63, 3.8) is 0 Å². The Kier molecular flexibility index (Phi) is 4.13. The summed E-state index contributed by atoms with van der Waals surface area (Å²) in [6.07, 6.45) is 1.47. The second-order valence-electron chi connectivity index (χ2n) is 4.35. The van der Waals surface area contributed by atoms with Crippen molar-refractivity contribution in [1.29, 1.82) is 0 Å². The van der Waals surface area contributed by atoms with Crippen LogP contribution < -0.4 is 13.3 Å². The van der Waals surface area contributed by atoms with Crippen LogP contribution in [0.15, 0.2) is 33.7 Å². The van der Waals surface area contributed by atoms with E-state index in [1.54, 1.807) is 19.2 Å². The molecule has 2 aromatic rings. The summed E-state index contributed by atoms with van der Waals surface area (Å²) in [6.45, 7) is 0.672. The van der Waals surface area contributed by atoms with Gasteiger partial charge in [-0.2, -0.15) is 8.13 Å². The Balaban J connectivity index is 1.81. The molecule has 0 aliphatic carbocycles. The van der Waals surface area contributed by atoms with Crippen LogP contribution in [0.1, 0.15) is 5.56 Å². The average molecular weight is 398 g/mol. The number of anilines is 1. The van der Waals surface area contributed by atoms with Crippen molar-refractivity contribution in [3.05, 3.63) is 36.2 Å². The summed E-state index contributed by atoms with van der Waals surface area (Å²) >= 11 is -0.546. The van der Waals surface area contributed by atoms with Crippen LogP contribution in [0, 0.1) is 0 Å². The highest BCUT2D eigenvalue weighted by Gasteiger charge is 2.23. The zero-order valence-corrected chi connectivity index (χ0v) is 13.3. The Morgan fingerprint density at radius 3 is 2.67 bits per heavy atom. The van der Waals surface area contributed by atoms with Gasteiger partial charge in [0, 0.05) is 0 Å². The van der Waals surface area contributed by atoms with E-state index in [0.717, 1.165) is 17.1 Å². The summed E-state index contributed by atoms with van der Waals surface area (Å²) in [5, 5.41) is 18.2. The van der Waals surface area contributed by atoms with E-state index < -0.39 is 28.4 Å². The van der Waals surface area contributed by atoms with Crippen LogP contribution >= 0.6 is 21.3 Å². The molecule has 0 radical (unpaired) electrons. The van der Waals surface area contributed by atoms with E-state index >= 15 is 0 Å². The molecular weight excluding hydrogens is 386 g/mol. The van der Waals surface area contributed by atoms with E-state index in [1.165, 1.54) is 6.33 Å². The zero-order chi connectivity index (χ0) is 14.8. The number of fused-ring (bicyclic) bond motifs is 1. The van der Waals surface area contributed by atoms with Crippen LogP contribution in [-0.4, -0.2) is 34.2 Å². The molecule has 2 N–H and O–H groups in total. The zero-order valence-electron chi connectivity index (χ0n) is 11.1. The monoisotopic (exact) mass is 398 g/mol. The van der Waals surface area contributed by atoms with Gasteiger partial charge in [-0.25, -0.2) is 4.98 Å². The quantitative estimate of drug-likeness (QED) is 0.452. The van der Waals surface area contributed by atoms with Crippen molar-refractivity contribution >= 4 is 45.4 Å². The second kappa shape index (κ2) is 6.04. The fourth-order valence-corrected chi connectivity index (χ4v) is 3.93. The molecule has 3 rings (SSSR count). The molecule has 7 nitrogen and oxygen atoms in total. The first-order valence-electron chi connectivity index (χ1n) is 6.16. The van der Waals surface area contributed by atoms with Crippen LogP contribution in [0.4, 0.5) is 11.5 Å². The molecule has 9 heteroatoms. The van der Waals surface area contributed by atoms with Crippen molar-refractivity contribution in [2.45, 2.75) is 6.54 Å². The lowest BCUT2D eigenvalue weighted by molar-refractivity contribution is 0.399. The molecular formula is C12H12BIN4O3. The molecule has 0 atom stereocenters. The predicted octanol–water partition coefficient (Wildman–Crippen LogP) is 0.886. The van der Waals surface area contributed by atoms with Crippen molar-refractivity contribution in [1.82, 2.24) is 9.97 Å². The summed E-state index contributed by atoms with van der Waals surface area (Å²) in [5.41, 5.74) is 2.25. The maximum atomic E-state index is 9.09. The van der Waals surface area contributed by atoms with Gasteiger partial charge in [0.15, 0.2) is 11.5 Å². The fourth-order valence-electron chi connectivity index (χ4n) is 1.93. The molecule has 0 amide bonds. The normalized spacial score (nSPS) is 12.8.